The zero-order valence-electron chi connectivity index (χ0n) is 11.2. The summed E-state index contributed by atoms with van der Waals surface area (Å²) < 4.78 is 5.80. The Morgan fingerprint density at radius 3 is 2.59 bits per heavy atom. The van der Waals surface area contributed by atoms with Gasteiger partial charge in [-0.25, -0.2) is 0 Å². The van der Waals surface area contributed by atoms with E-state index in [1.54, 1.807) is 0 Å². The number of ether oxygens (including phenoxy) is 1. The second kappa shape index (κ2) is 7.05. The fourth-order valence-electron chi connectivity index (χ4n) is 3.13. The minimum atomic E-state index is 0.457. The predicted octanol–water partition coefficient (Wildman–Crippen LogP) is 3.63. The van der Waals surface area contributed by atoms with Crippen LogP contribution in [-0.2, 0) is 4.74 Å². The molecule has 0 amide bonds. The molecule has 1 saturated carbocycles. The van der Waals surface area contributed by atoms with Gasteiger partial charge in [0, 0.05) is 0 Å². The van der Waals surface area contributed by atoms with Crippen molar-refractivity contribution in [2.45, 2.75) is 63.8 Å². The molecule has 1 atom stereocenters. The summed E-state index contributed by atoms with van der Waals surface area (Å²) in [5.41, 5.74) is 0. The summed E-state index contributed by atoms with van der Waals surface area (Å²) >= 11 is 0. The van der Waals surface area contributed by atoms with Gasteiger partial charge in [0.25, 0.3) is 0 Å². The first-order chi connectivity index (χ1) is 8.40. The van der Waals surface area contributed by atoms with Crippen molar-refractivity contribution in [1.29, 1.82) is 0 Å². The molecule has 0 spiro atoms. The second-order valence-electron chi connectivity index (χ2n) is 5.53. The summed E-state index contributed by atoms with van der Waals surface area (Å²) in [7, 11) is 2.07. The highest BCUT2D eigenvalue weighted by atomic mass is 16.5. The number of hydrogen-bond acceptors (Lipinski definition) is 2. The Labute approximate surface area is 106 Å². The van der Waals surface area contributed by atoms with Gasteiger partial charge in [0.05, 0.1) is 12.6 Å². The molecule has 0 bridgehead atoms. The maximum absolute atomic E-state index is 5.80. The number of hydrogen-bond donors (Lipinski definition) is 1. The summed E-state index contributed by atoms with van der Waals surface area (Å²) in [5, 5.41) is 3.45. The number of likely N-dealkylation sites (N-methyl/N-ethyl adjacent to an activating group) is 1. The van der Waals surface area contributed by atoms with Crippen LogP contribution in [0.25, 0.3) is 0 Å². The van der Waals surface area contributed by atoms with Crippen molar-refractivity contribution in [1.82, 2.24) is 5.32 Å². The van der Waals surface area contributed by atoms with Gasteiger partial charge < -0.3 is 10.1 Å². The van der Waals surface area contributed by atoms with Gasteiger partial charge in [-0.2, -0.15) is 0 Å². The van der Waals surface area contributed by atoms with Gasteiger partial charge in [-0.15, -0.1) is 0 Å². The SMILES string of the molecule is CNC(CC1CCCCCC1)C1=CCCCO1. The Bertz CT molecular complexity index is 241. The maximum atomic E-state index is 5.80. The molecule has 0 radical (unpaired) electrons. The van der Waals surface area contributed by atoms with Crippen LogP contribution in [0.3, 0.4) is 0 Å². The zero-order chi connectivity index (χ0) is 11.9. The number of rotatable bonds is 4. The van der Waals surface area contributed by atoms with Crippen molar-refractivity contribution in [3.8, 4) is 0 Å². The topological polar surface area (TPSA) is 21.3 Å². The highest BCUT2D eigenvalue weighted by Crippen LogP contribution is 2.28. The highest BCUT2D eigenvalue weighted by molar-refractivity contribution is 5.05. The van der Waals surface area contributed by atoms with Crippen molar-refractivity contribution in [2.24, 2.45) is 5.92 Å². The number of allylic oxidation sites excluding steroid dienone is 1. The smallest absolute Gasteiger partial charge is 0.109 e. The quantitative estimate of drug-likeness (QED) is 0.754. The van der Waals surface area contributed by atoms with Gasteiger partial charge >= 0.3 is 0 Å². The maximum Gasteiger partial charge on any atom is 0.109 e. The lowest BCUT2D eigenvalue weighted by molar-refractivity contribution is 0.160. The third-order valence-electron chi connectivity index (χ3n) is 4.20. The van der Waals surface area contributed by atoms with Gasteiger partial charge in [0.15, 0.2) is 0 Å². The molecule has 98 valence electrons. The predicted molar refractivity (Wildman–Crippen MR) is 71.9 cm³/mol. The summed E-state index contributed by atoms with van der Waals surface area (Å²) in [6.07, 6.45) is 14.5. The van der Waals surface area contributed by atoms with Gasteiger partial charge in [0.1, 0.15) is 5.76 Å². The molecule has 0 aromatic heterocycles. The molecule has 2 heteroatoms. The summed E-state index contributed by atoms with van der Waals surface area (Å²) in [4.78, 5) is 0. The molecule has 1 unspecified atom stereocenters. The molecule has 17 heavy (non-hydrogen) atoms. The largest absolute Gasteiger partial charge is 0.497 e. The molecule has 1 aliphatic carbocycles. The lowest BCUT2D eigenvalue weighted by atomic mass is 9.91. The Morgan fingerprint density at radius 2 is 2.00 bits per heavy atom. The van der Waals surface area contributed by atoms with E-state index in [4.69, 9.17) is 4.74 Å². The van der Waals surface area contributed by atoms with Crippen LogP contribution >= 0.6 is 0 Å². The first kappa shape index (κ1) is 12.9. The zero-order valence-corrected chi connectivity index (χ0v) is 11.2. The van der Waals surface area contributed by atoms with E-state index >= 15 is 0 Å². The van der Waals surface area contributed by atoms with Crippen LogP contribution in [0.5, 0.6) is 0 Å². The van der Waals surface area contributed by atoms with Crippen LogP contribution in [0, 0.1) is 5.92 Å². The van der Waals surface area contributed by atoms with Gasteiger partial charge in [-0.05, 0) is 38.3 Å². The third kappa shape index (κ3) is 4.02. The van der Waals surface area contributed by atoms with E-state index in [0.29, 0.717) is 6.04 Å². The average molecular weight is 237 g/mol. The van der Waals surface area contributed by atoms with Crippen LogP contribution < -0.4 is 5.32 Å². The Morgan fingerprint density at radius 1 is 1.24 bits per heavy atom. The second-order valence-corrected chi connectivity index (χ2v) is 5.53. The fourth-order valence-corrected chi connectivity index (χ4v) is 3.13. The molecule has 0 aromatic carbocycles. The van der Waals surface area contributed by atoms with E-state index in [-0.39, 0.29) is 0 Å². The summed E-state index contributed by atoms with van der Waals surface area (Å²) in [6.45, 7) is 0.911. The highest BCUT2D eigenvalue weighted by Gasteiger charge is 2.21. The fraction of sp³-hybridized carbons (Fsp3) is 0.867. The lowest BCUT2D eigenvalue weighted by Gasteiger charge is -2.26. The van der Waals surface area contributed by atoms with E-state index in [1.165, 1.54) is 63.5 Å². The van der Waals surface area contributed by atoms with E-state index in [9.17, 15) is 0 Å². The van der Waals surface area contributed by atoms with Crippen LogP contribution in [0.1, 0.15) is 57.8 Å². The van der Waals surface area contributed by atoms with E-state index in [2.05, 4.69) is 18.4 Å². The minimum Gasteiger partial charge on any atom is -0.497 e. The van der Waals surface area contributed by atoms with E-state index < -0.39 is 0 Å². The van der Waals surface area contributed by atoms with Crippen molar-refractivity contribution < 1.29 is 4.74 Å². The van der Waals surface area contributed by atoms with Gasteiger partial charge in [-0.1, -0.05) is 38.5 Å². The normalized spacial score (nSPS) is 24.6. The summed E-state index contributed by atoms with van der Waals surface area (Å²) in [5.74, 6) is 2.12. The molecule has 0 aromatic rings. The molecule has 1 N–H and O–H groups in total. The monoisotopic (exact) mass is 237 g/mol. The van der Waals surface area contributed by atoms with Crippen LogP contribution in [0.4, 0.5) is 0 Å². The lowest BCUT2D eigenvalue weighted by Crippen LogP contribution is -2.32. The molecule has 0 saturated heterocycles. The standard InChI is InChI=1S/C15H27NO/c1-16-14(15-10-6-7-11-17-15)12-13-8-4-2-3-5-9-13/h10,13-14,16H,2-9,11-12H2,1H3. The molecular formula is C15H27NO. The van der Waals surface area contributed by atoms with Crippen molar-refractivity contribution in [2.75, 3.05) is 13.7 Å². The average Bonchev–Trinajstić information content (AvgIpc) is 2.65. The molecule has 1 aliphatic heterocycles. The summed E-state index contributed by atoms with van der Waals surface area (Å²) in [6, 6.07) is 0.457. The van der Waals surface area contributed by atoms with Crippen LogP contribution in [0.15, 0.2) is 11.8 Å². The van der Waals surface area contributed by atoms with E-state index in [0.717, 1.165) is 12.5 Å². The Hall–Kier alpha value is -0.500. The molecule has 2 rings (SSSR count). The van der Waals surface area contributed by atoms with Crippen molar-refractivity contribution >= 4 is 0 Å². The molecule has 2 nitrogen and oxygen atoms in total. The first-order valence-corrected chi connectivity index (χ1v) is 7.40. The minimum absolute atomic E-state index is 0.457. The first-order valence-electron chi connectivity index (χ1n) is 7.40. The van der Waals surface area contributed by atoms with Gasteiger partial charge in [0.2, 0.25) is 0 Å². The van der Waals surface area contributed by atoms with E-state index in [1.807, 2.05) is 0 Å². The Kier molecular flexibility index (Phi) is 5.37. The van der Waals surface area contributed by atoms with Crippen molar-refractivity contribution in [3.63, 3.8) is 0 Å². The van der Waals surface area contributed by atoms with Gasteiger partial charge in [-0.3, -0.25) is 0 Å². The molecular weight excluding hydrogens is 210 g/mol. The van der Waals surface area contributed by atoms with Crippen LogP contribution in [-0.4, -0.2) is 19.7 Å². The molecule has 2 aliphatic rings. The Balaban J connectivity index is 1.86. The van der Waals surface area contributed by atoms with Crippen molar-refractivity contribution in [3.05, 3.63) is 11.8 Å². The molecule has 1 fully saturated rings. The third-order valence-corrected chi connectivity index (χ3v) is 4.20. The molecule has 1 heterocycles. The van der Waals surface area contributed by atoms with Crippen LogP contribution in [0.2, 0.25) is 0 Å². The number of nitrogens with one attached hydrogen (secondary N) is 1.